The largest absolute Gasteiger partial charge is 0.490 e. The summed E-state index contributed by atoms with van der Waals surface area (Å²) in [5.74, 6) is -3.19. The first-order valence-electron chi connectivity index (χ1n) is 7.62. The molecule has 1 aromatic rings. The summed E-state index contributed by atoms with van der Waals surface area (Å²) >= 11 is 0. The van der Waals surface area contributed by atoms with Gasteiger partial charge in [0.05, 0.1) is 12.7 Å². The van der Waals surface area contributed by atoms with Gasteiger partial charge in [-0.3, -0.25) is 9.59 Å². The number of unbranched alkanes of at least 4 members (excludes halogenated alkanes) is 1. The molecule has 26 heavy (non-hydrogen) atoms. The van der Waals surface area contributed by atoms with Gasteiger partial charge in [-0.2, -0.15) is 13.2 Å². The third-order valence-corrected chi connectivity index (χ3v) is 2.82. The number of alkyl halides is 3. The topological polar surface area (TPSA) is 109 Å². The van der Waals surface area contributed by atoms with Gasteiger partial charge in [-0.15, -0.1) is 0 Å². The SMILES string of the molecule is CCCCNC(=O)c1cc[n+](CCC(=O)O)nc1.COC(=O)C(F)(F)F. The molecule has 0 aromatic carbocycles. The number of halogens is 3. The van der Waals surface area contributed by atoms with Crippen molar-refractivity contribution in [3.05, 3.63) is 24.0 Å². The highest BCUT2D eigenvalue weighted by Crippen LogP contribution is 2.15. The van der Waals surface area contributed by atoms with Gasteiger partial charge in [-0.1, -0.05) is 18.0 Å². The number of aromatic nitrogens is 2. The van der Waals surface area contributed by atoms with Crippen molar-refractivity contribution < 1.29 is 42.1 Å². The number of methoxy groups -OCH3 is 1. The van der Waals surface area contributed by atoms with Gasteiger partial charge in [-0.25, -0.2) is 4.79 Å². The third-order valence-electron chi connectivity index (χ3n) is 2.82. The van der Waals surface area contributed by atoms with Gasteiger partial charge < -0.3 is 15.2 Å². The second-order valence-electron chi connectivity index (χ2n) is 4.92. The number of aryl methyl sites for hydroxylation is 1. The van der Waals surface area contributed by atoms with Crippen molar-refractivity contribution >= 4 is 17.8 Å². The molecule has 1 aromatic heterocycles. The summed E-state index contributed by atoms with van der Waals surface area (Å²) in [6.45, 7) is 3.01. The molecule has 2 N–H and O–H groups in total. The fourth-order valence-electron chi connectivity index (χ4n) is 1.46. The molecule has 8 nitrogen and oxygen atoms in total. The van der Waals surface area contributed by atoms with Gasteiger partial charge >= 0.3 is 18.1 Å². The third kappa shape index (κ3) is 10.2. The van der Waals surface area contributed by atoms with Gasteiger partial charge in [0.2, 0.25) is 0 Å². The summed E-state index contributed by atoms with van der Waals surface area (Å²) in [6.07, 6.45) is 0.197. The maximum atomic E-state index is 11.6. The van der Waals surface area contributed by atoms with Crippen LogP contribution in [0.5, 0.6) is 0 Å². The Morgan fingerprint density at radius 3 is 2.38 bits per heavy atom. The van der Waals surface area contributed by atoms with E-state index in [0.717, 1.165) is 12.8 Å². The van der Waals surface area contributed by atoms with Crippen LogP contribution < -0.4 is 10.00 Å². The highest BCUT2D eigenvalue weighted by Gasteiger charge is 2.40. The Bertz CT molecular complexity index is 591. The van der Waals surface area contributed by atoms with Crippen molar-refractivity contribution in [1.29, 1.82) is 0 Å². The highest BCUT2D eigenvalue weighted by molar-refractivity contribution is 5.93. The molecule has 0 aliphatic carbocycles. The quantitative estimate of drug-likeness (QED) is 0.416. The molecule has 0 spiro atoms. The van der Waals surface area contributed by atoms with E-state index in [-0.39, 0.29) is 12.3 Å². The van der Waals surface area contributed by atoms with Crippen molar-refractivity contribution in [3.63, 3.8) is 0 Å². The number of carbonyl (C=O) groups is 3. The number of nitrogens with one attached hydrogen (secondary N) is 1. The standard InChI is InChI=1S/C12H17N3O3.C3H3F3O2/c1-2-3-6-13-12(18)10-4-7-15(14-9-10)8-5-11(16)17;1-8-2(7)3(4,5)6/h4,7,9H,2-3,5-6,8H2,1H3,(H-,13,16,17,18);1H3/p+1. The summed E-state index contributed by atoms with van der Waals surface area (Å²) < 4.78 is 37.8. The number of hydrogen-bond donors (Lipinski definition) is 2. The van der Waals surface area contributed by atoms with Crippen LogP contribution in [-0.4, -0.2) is 47.9 Å². The first-order valence-corrected chi connectivity index (χ1v) is 7.62. The molecule has 0 bridgehead atoms. The normalized spacial score (nSPS) is 10.3. The van der Waals surface area contributed by atoms with Gasteiger partial charge in [-0.05, 0) is 11.5 Å². The van der Waals surface area contributed by atoms with E-state index < -0.39 is 18.1 Å². The van der Waals surface area contributed by atoms with Crippen LogP contribution in [0.15, 0.2) is 18.5 Å². The zero-order chi connectivity index (χ0) is 20.2. The molecule has 0 aliphatic heterocycles. The number of carboxylic acid groups (broad SMARTS) is 1. The number of carbonyl (C=O) groups excluding carboxylic acids is 2. The Morgan fingerprint density at radius 2 is 2.00 bits per heavy atom. The van der Waals surface area contributed by atoms with Gasteiger partial charge in [0, 0.05) is 12.6 Å². The molecule has 0 radical (unpaired) electrons. The fraction of sp³-hybridized carbons (Fsp3) is 0.533. The van der Waals surface area contributed by atoms with Gasteiger partial charge in [0.25, 0.3) is 5.91 Å². The van der Waals surface area contributed by atoms with Crippen molar-refractivity contribution in [3.8, 4) is 0 Å². The first kappa shape index (κ1) is 23.3. The lowest BCUT2D eigenvalue weighted by atomic mass is 10.2. The molecule has 0 atom stereocenters. The zero-order valence-corrected chi connectivity index (χ0v) is 14.4. The van der Waals surface area contributed by atoms with Crippen LogP contribution in [0.25, 0.3) is 0 Å². The smallest absolute Gasteiger partial charge is 0.481 e. The van der Waals surface area contributed by atoms with Crippen molar-refractivity contribution in [2.45, 2.75) is 38.9 Å². The van der Waals surface area contributed by atoms with E-state index in [1.807, 2.05) is 0 Å². The molecule has 0 unspecified atom stereocenters. The average molecular weight is 380 g/mol. The van der Waals surface area contributed by atoms with E-state index in [0.29, 0.717) is 25.8 Å². The van der Waals surface area contributed by atoms with Crippen LogP contribution in [0, 0.1) is 0 Å². The van der Waals surface area contributed by atoms with E-state index in [9.17, 15) is 27.6 Å². The van der Waals surface area contributed by atoms with Crippen LogP contribution in [0.2, 0.25) is 0 Å². The van der Waals surface area contributed by atoms with E-state index in [4.69, 9.17) is 5.11 Å². The van der Waals surface area contributed by atoms with Crippen LogP contribution in [0.1, 0.15) is 36.5 Å². The van der Waals surface area contributed by atoms with Crippen molar-refractivity contribution in [2.24, 2.45) is 0 Å². The first-order chi connectivity index (χ1) is 12.1. The maximum absolute atomic E-state index is 11.6. The Morgan fingerprint density at radius 1 is 1.35 bits per heavy atom. The van der Waals surface area contributed by atoms with Crippen LogP contribution in [0.4, 0.5) is 13.2 Å². The summed E-state index contributed by atoms with van der Waals surface area (Å²) in [5.41, 5.74) is 0.484. The summed E-state index contributed by atoms with van der Waals surface area (Å²) in [4.78, 5) is 31.5. The van der Waals surface area contributed by atoms with Gasteiger partial charge in [0.1, 0.15) is 12.6 Å². The molecule has 146 valence electrons. The van der Waals surface area contributed by atoms with Gasteiger partial charge in [0.15, 0.2) is 12.7 Å². The molecule has 0 saturated carbocycles. The Hall–Kier alpha value is -2.72. The van der Waals surface area contributed by atoms with E-state index >= 15 is 0 Å². The predicted octanol–water partition coefficient (Wildman–Crippen LogP) is 1.10. The summed E-state index contributed by atoms with van der Waals surface area (Å²) in [7, 11) is 0.676. The fourth-order valence-corrected chi connectivity index (χ4v) is 1.46. The molecule has 0 saturated heterocycles. The molecule has 1 rings (SSSR count). The molecular formula is C15H21F3N3O5+. The van der Waals surface area contributed by atoms with Crippen molar-refractivity contribution in [2.75, 3.05) is 13.7 Å². The molecule has 1 heterocycles. The molecule has 0 aliphatic rings. The lowest BCUT2D eigenvalue weighted by molar-refractivity contribution is -0.753. The second-order valence-corrected chi connectivity index (χ2v) is 4.92. The monoisotopic (exact) mass is 380 g/mol. The lowest BCUT2D eigenvalue weighted by Crippen LogP contribution is -2.39. The zero-order valence-electron chi connectivity index (χ0n) is 14.4. The Balaban J connectivity index is 0.000000660. The number of hydrogen-bond acceptors (Lipinski definition) is 5. The number of ether oxygens (including phenoxy) is 1. The van der Waals surface area contributed by atoms with E-state index in [2.05, 4.69) is 22.1 Å². The predicted molar refractivity (Wildman–Crippen MR) is 82.0 cm³/mol. The molecule has 1 amide bonds. The van der Waals surface area contributed by atoms with E-state index in [1.165, 1.54) is 10.9 Å². The maximum Gasteiger partial charge on any atom is 0.490 e. The minimum Gasteiger partial charge on any atom is -0.481 e. The number of esters is 1. The Labute approximate surface area is 148 Å². The number of rotatable bonds is 7. The molecular weight excluding hydrogens is 359 g/mol. The minimum absolute atomic E-state index is 0.0136. The second kappa shape index (κ2) is 11.8. The number of nitrogens with zero attached hydrogens (tertiary/aromatic N) is 2. The summed E-state index contributed by atoms with van der Waals surface area (Å²) in [6, 6.07) is 1.64. The highest BCUT2D eigenvalue weighted by atomic mass is 19.4. The lowest BCUT2D eigenvalue weighted by Gasteiger charge is -2.02. The number of aliphatic carboxylic acids is 1. The molecule has 11 heteroatoms. The van der Waals surface area contributed by atoms with E-state index in [1.54, 1.807) is 12.3 Å². The Kier molecular flexibility index (Phi) is 10.5. The average Bonchev–Trinajstić information content (AvgIpc) is 2.59. The summed E-state index contributed by atoms with van der Waals surface area (Å²) in [5, 5.41) is 15.3. The minimum atomic E-state index is -4.85. The number of carboxylic acids is 1. The number of amides is 1. The van der Waals surface area contributed by atoms with Crippen molar-refractivity contribution in [1.82, 2.24) is 10.4 Å². The van der Waals surface area contributed by atoms with Crippen LogP contribution in [-0.2, 0) is 20.9 Å². The van der Waals surface area contributed by atoms with Crippen LogP contribution >= 0.6 is 0 Å². The molecule has 0 fully saturated rings. The van der Waals surface area contributed by atoms with Crippen LogP contribution in [0.3, 0.4) is 0 Å².